The van der Waals surface area contributed by atoms with E-state index in [2.05, 4.69) is 15.5 Å². The van der Waals surface area contributed by atoms with E-state index in [9.17, 15) is 9.59 Å². The number of aromatic nitrogens is 2. The number of carbonyl (C=O) groups is 2. The maximum atomic E-state index is 11.6. The molecule has 0 saturated carbocycles. The van der Waals surface area contributed by atoms with Crippen LogP contribution in [-0.2, 0) is 16.0 Å². The van der Waals surface area contributed by atoms with Crippen molar-refractivity contribution < 1.29 is 19.2 Å². The molecule has 7 nitrogen and oxygen atoms in total. The monoisotopic (exact) mass is 267 g/mol. The molecule has 1 rings (SSSR count). The molecule has 1 heterocycles. The molecule has 1 aromatic rings. The summed E-state index contributed by atoms with van der Waals surface area (Å²) in [6.45, 7) is 3.48. The van der Waals surface area contributed by atoms with Crippen molar-refractivity contribution in [3.8, 4) is 0 Å². The Labute approximate surface area is 110 Å². The molecule has 1 amide bonds. The van der Waals surface area contributed by atoms with Gasteiger partial charge in [-0.15, -0.1) is 0 Å². The van der Waals surface area contributed by atoms with Crippen molar-refractivity contribution in [2.75, 3.05) is 0 Å². The number of hydrogen-bond acceptors (Lipinski definition) is 5. The molecule has 19 heavy (non-hydrogen) atoms. The zero-order valence-corrected chi connectivity index (χ0v) is 10.9. The molecule has 0 spiro atoms. The largest absolute Gasteiger partial charge is 0.480 e. The van der Waals surface area contributed by atoms with Crippen LogP contribution in [0.1, 0.15) is 31.5 Å². The summed E-state index contributed by atoms with van der Waals surface area (Å²) in [6.07, 6.45) is 4.10. The van der Waals surface area contributed by atoms with Gasteiger partial charge < -0.3 is 14.9 Å². The third kappa shape index (κ3) is 5.33. The Hall–Kier alpha value is -2.18. The highest BCUT2D eigenvalue weighted by molar-refractivity contribution is 5.83. The van der Waals surface area contributed by atoms with E-state index in [1.165, 1.54) is 0 Å². The molecule has 7 heteroatoms. The second kappa shape index (κ2) is 7.30. The van der Waals surface area contributed by atoms with Gasteiger partial charge in [-0.3, -0.25) is 4.79 Å². The summed E-state index contributed by atoms with van der Waals surface area (Å²) in [5, 5.41) is 15.0. The van der Waals surface area contributed by atoms with E-state index in [1.54, 1.807) is 26.0 Å². The quantitative estimate of drug-likeness (QED) is 0.709. The SMILES string of the molecule is C/C=C/CC(NC(=O)CCc1nc(C)no1)C(=O)O. The summed E-state index contributed by atoms with van der Waals surface area (Å²) >= 11 is 0. The minimum atomic E-state index is -1.06. The predicted molar refractivity (Wildman–Crippen MR) is 66.4 cm³/mol. The molecule has 0 aliphatic carbocycles. The molecule has 104 valence electrons. The lowest BCUT2D eigenvalue weighted by Gasteiger charge is -2.11. The van der Waals surface area contributed by atoms with E-state index >= 15 is 0 Å². The van der Waals surface area contributed by atoms with Gasteiger partial charge in [0, 0.05) is 12.8 Å². The fraction of sp³-hybridized carbons (Fsp3) is 0.500. The van der Waals surface area contributed by atoms with Crippen molar-refractivity contribution in [3.05, 3.63) is 23.9 Å². The number of carboxylic acids is 1. The van der Waals surface area contributed by atoms with Crippen LogP contribution in [0.25, 0.3) is 0 Å². The number of aliphatic carboxylic acids is 1. The van der Waals surface area contributed by atoms with E-state index in [4.69, 9.17) is 9.63 Å². The summed E-state index contributed by atoms with van der Waals surface area (Å²) < 4.78 is 4.86. The standard InChI is InChI=1S/C12H17N3O4/c1-3-4-5-9(12(17)18)14-10(16)6-7-11-13-8(2)15-19-11/h3-4,9H,5-7H2,1-2H3,(H,14,16)(H,17,18)/b4-3+. The molecule has 1 aromatic heterocycles. The molecular weight excluding hydrogens is 250 g/mol. The van der Waals surface area contributed by atoms with Gasteiger partial charge in [-0.2, -0.15) is 4.98 Å². The summed E-state index contributed by atoms with van der Waals surface area (Å²) in [5.74, 6) is -0.535. The van der Waals surface area contributed by atoms with Gasteiger partial charge in [0.2, 0.25) is 11.8 Å². The number of nitrogens with zero attached hydrogens (tertiary/aromatic N) is 2. The number of amides is 1. The third-order valence-electron chi connectivity index (χ3n) is 2.38. The van der Waals surface area contributed by atoms with Crippen molar-refractivity contribution in [1.29, 1.82) is 0 Å². The van der Waals surface area contributed by atoms with E-state index in [-0.39, 0.29) is 18.7 Å². The van der Waals surface area contributed by atoms with Crippen LogP contribution in [0, 0.1) is 6.92 Å². The zero-order chi connectivity index (χ0) is 14.3. The highest BCUT2D eigenvalue weighted by atomic mass is 16.5. The van der Waals surface area contributed by atoms with Gasteiger partial charge in [0.25, 0.3) is 0 Å². The van der Waals surface area contributed by atoms with Crippen LogP contribution in [-0.4, -0.2) is 33.2 Å². The molecule has 1 unspecified atom stereocenters. The van der Waals surface area contributed by atoms with Crippen molar-refractivity contribution in [2.45, 2.75) is 39.2 Å². The molecule has 0 radical (unpaired) electrons. The van der Waals surface area contributed by atoms with Gasteiger partial charge in [-0.1, -0.05) is 17.3 Å². The van der Waals surface area contributed by atoms with Gasteiger partial charge in [0.05, 0.1) is 0 Å². The predicted octanol–water partition coefficient (Wildman–Crippen LogP) is 0.846. The average Bonchev–Trinajstić information content (AvgIpc) is 2.77. The maximum Gasteiger partial charge on any atom is 0.326 e. The van der Waals surface area contributed by atoms with Crippen LogP contribution in [0.3, 0.4) is 0 Å². The number of carbonyl (C=O) groups excluding carboxylic acids is 1. The van der Waals surface area contributed by atoms with Crippen LogP contribution in [0.15, 0.2) is 16.7 Å². The molecular formula is C12H17N3O4. The Kier molecular flexibility index (Phi) is 5.72. The van der Waals surface area contributed by atoms with Crippen molar-refractivity contribution in [2.24, 2.45) is 0 Å². The summed E-state index contributed by atoms with van der Waals surface area (Å²) in [4.78, 5) is 26.5. The van der Waals surface area contributed by atoms with Crippen LogP contribution in [0.4, 0.5) is 0 Å². The molecule has 0 saturated heterocycles. The first-order valence-electron chi connectivity index (χ1n) is 5.95. The van der Waals surface area contributed by atoms with Gasteiger partial charge >= 0.3 is 5.97 Å². The van der Waals surface area contributed by atoms with Gasteiger partial charge in [0.1, 0.15) is 6.04 Å². The Bertz CT molecular complexity index is 467. The number of aryl methyl sites for hydroxylation is 2. The Morgan fingerprint density at radius 3 is 2.79 bits per heavy atom. The van der Waals surface area contributed by atoms with Gasteiger partial charge in [-0.05, 0) is 20.3 Å². The van der Waals surface area contributed by atoms with Crippen molar-refractivity contribution in [1.82, 2.24) is 15.5 Å². The molecule has 0 aliphatic heterocycles. The van der Waals surface area contributed by atoms with Crippen LogP contribution < -0.4 is 5.32 Å². The van der Waals surface area contributed by atoms with Crippen molar-refractivity contribution >= 4 is 11.9 Å². The zero-order valence-electron chi connectivity index (χ0n) is 10.9. The summed E-state index contributed by atoms with van der Waals surface area (Å²) in [7, 11) is 0. The highest BCUT2D eigenvalue weighted by Gasteiger charge is 2.18. The summed E-state index contributed by atoms with van der Waals surface area (Å²) in [6, 6.07) is -0.909. The molecule has 0 aliphatic rings. The van der Waals surface area contributed by atoms with Gasteiger partial charge in [0.15, 0.2) is 5.82 Å². The molecule has 1 atom stereocenters. The average molecular weight is 267 g/mol. The lowest BCUT2D eigenvalue weighted by Crippen LogP contribution is -2.40. The topological polar surface area (TPSA) is 105 Å². The van der Waals surface area contributed by atoms with E-state index in [1.807, 2.05) is 0 Å². The number of allylic oxidation sites excluding steroid dienone is 1. The molecule has 0 bridgehead atoms. The second-order valence-electron chi connectivity index (χ2n) is 4.00. The fourth-order valence-electron chi connectivity index (χ4n) is 1.42. The Morgan fingerprint density at radius 2 is 2.26 bits per heavy atom. The molecule has 2 N–H and O–H groups in total. The lowest BCUT2D eigenvalue weighted by atomic mass is 10.2. The molecule has 0 fully saturated rings. The number of carboxylic acid groups (broad SMARTS) is 1. The van der Waals surface area contributed by atoms with E-state index < -0.39 is 12.0 Å². The Balaban J connectivity index is 2.42. The van der Waals surface area contributed by atoms with E-state index in [0.29, 0.717) is 18.1 Å². The lowest BCUT2D eigenvalue weighted by molar-refractivity contribution is -0.141. The smallest absolute Gasteiger partial charge is 0.326 e. The minimum Gasteiger partial charge on any atom is -0.480 e. The first-order valence-corrected chi connectivity index (χ1v) is 5.95. The number of nitrogens with one attached hydrogen (secondary N) is 1. The maximum absolute atomic E-state index is 11.6. The van der Waals surface area contributed by atoms with Gasteiger partial charge in [-0.25, -0.2) is 4.79 Å². The number of rotatable bonds is 7. The second-order valence-corrected chi connectivity index (χ2v) is 4.00. The minimum absolute atomic E-state index is 0.112. The fourth-order valence-corrected chi connectivity index (χ4v) is 1.42. The first-order chi connectivity index (χ1) is 9.02. The van der Waals surface area contributed by atoms with Crippen LogP contribution >= 0.6 is 0 Å². The molecule has 0 aromatic carbocycles. The highest BCUT2D eigenvalue weighted by Crippen LogP contribution is 2.01. The van der Waals surface area contributed by atoms with Crippen LogP contribution in [0.5, 0.6) is 0 Å². The van der Waals surface area contributed by atoms with Crippen molar-refractivity contribution in [3.63, 3.8) is 0 Å². The van der Waals surface area contributed by atoms with Crippen LogP contribution in [0.2, 0.25) is 0 Å². The number of hydrogen-bond donors (Lipinski definition) is 2. The Morgan fingerprint density at radius 1 is 1.53 bits per heavy atom. The summed E-state index contributed by atoms with van der Waals surface area (Å²) in [5.41, 5.74) is 0. The third-order valence-corrected chi connectivity index (χ3v) is 2.38. The van der Waals surface area contributed by atoms with E-state index in [0.717, 1.165) is 0 Å². The normalized spacial score (nSPS) is 12.5. The first kappa shape index (κ1) is 14.9.